The molecule has 2 heterocycles. The number of amides is 1. The van der Waals surface area contributed by atoms with Crippen molar-refractivity contribution in [2.45, 2.75) is 19.7 Å². The molecular weight excluding hydrogens is 392 g/mol. The summed E-state index contributed by atoms with van der Waals surface area (Å²) in [6, 6.07) is 24.8. The van der Waals surface area contributed by atoms with Crippen molar-refractivity contribution in [3.63, 3.8) is 0 Å². The summed E-state index contributed by atoms with van der Waals surface area (Å²) in [6.07, 6.45) is 3.25. The Morgan fingerprint density at radius 3 is 2.03 bits per heavy atom. The second-order valence-electron chi connectivity index (χ2n) is 7.15. The highest BCUT2D eigenvalue weighted by molar-refractivity contribution is 5.92. The summed E-state index contributed by atoms with van der Waals surface area (Å²) in [5, 5.41) is 2.94. The molecule has 0 radical (unpaired) electrons. The zero-order valence-electron chi connectivity index (χ0n) is 17.1. The highest BCUT2D eigenvalue weighted by Gasteiger charge is 2.15. The lowest BCUT2D eigenvalue weighted by Gasteiger charge is -2.19. The number of nitrogens with zero attached hydrogens (tertiary/aromatic N) is 1. The van der Waals surface area contributed by atoms with E-state index in [0.717, 1.165) is 22.8 Å². The van der Waals surface area contributed by atoms with Crippen molar-refractivity contribution >= 4 is 11.6 Å². The summed E-state index contributed by atoms with van der Waals surface area (Å²) >= 11 is 0. The van der Waals surface area contributed by atoms with Gasteiger partial charge in [0.2, 0.25) is 5.91 Å². The molecule has 0 aliphatic heterocycles. The minimum absolute atomic E-state index is 0.115. The molecule has 0 aliphatic rings. The first-order chi connectivity index (χ1) is 15.2. The van der Waals surface area contributed by atoms with E-state index < -0.39 is 0 Å². The van der Waals surface area contributed by atoms with Gasteiger partial charge >= 0.3 is 0 Å². The number of nitrogens with one attached hydrogen (secondary N) is 1. The minimum Gasteiger partial charge on any atom is -0.489 e. The first-order valence-electron chi connectivity index (χ1n) is 10.1. The smallest absolute Gasteiger partial charge is 0.238 e. The first-order valence-corrected chi connectivity index (χ1v) is 10.1. The van der Waals surface area contributed by atoms with Crippen LogP contribution in [0.25, 0.3) is 0 Å². The highest BCUT2D eigenvalue weighted by atomic mass is 16.5. The number of furan rings is 2. The monoisotopic (exact) mass is 416 g/mol. The Kier molecular flexibility index (Phi) is 6.82. The molecule has 158 valence electrons. The lowest BCUT2D eigenvalue weighted by Crippen LogP contribution is -2.32. The van der Waals surface area contributed by atoms with Gasteiger partial charge in [0.1, 0.15) is 23.9 Å². The van der Waals surface area contributed by atoms with Gasteiger partial charge in [-0.3, -0.25) is 9.69 Å². The lowest BCUT2D eigenvalue weighted by molar-refractivity contribution is -0.117. The van der Waals surface area contributed by atoms with Gasteiger partial charge in [-0.05, 0) is 54.1 Å². The maximum absolute atomic E-state index is 12.6. The normalized spacial score (nSPS) is 10.9. The lowest BCUT2D eigenvalue weighted by atomic mass is 10.2. The third kappa shape index (κ3) is 6.35. The Labute approximate surface area is 181 Å². The van der Waals surface area contributed by atoms with E-state index in [1.807, 2.05) is 83.8 Å². The number of hydrogen-bond acceptors (Lipinski definition) is 5. The van der Waals surface area contributed by atoms with E-state index in [1.54, 1.807) is 12.5 Å². The summed E-state index contributed by atoms with van der Waals surface area (Å²) in [6.45, 7) is 1.72. The molecule has 0 atom stereocenters. The molecular formula is C25H24N2O4. The van der Waals surface area contributed by atoms with E-state index in [1.165, 1.54) is 0 Å². The number of ether oxygens (including phenoxy) is 1. The zero-order chi connectivity index (χ0) is 21.3. The molecule has 0 saturated heterocycles. The average Bonchev–Trinajstić information content (AvgIpc) is 3.48. The van der Waals surface area contributed by atoms with Gasteiger partial charge in [0.15, 0.2) is 0 Å². The first kappa shape index (κ1) is 20.5. The highest BCUT2D eigenvalue weighted by Crippen LogP contribution is 2.18. The van der Waals surface area contributed by atoms with Crippen molar-refractivity contribution in [3.8, 4) is 5.75 Å². The summed E-state index contributed by atoms with van der Waals surface area (Å²) in [7, 11) is 0. The van der Waals surface area contributed by atoms with Crippen molar-refractivity contribution < 1.29 is 18.4 Å². The SMILES string of the molecule is O=C(CN(Cc1ccco1)Cc1ccco1)Nc1ccc(OCc2ccccc2)cc1. The van der Waals surface area contributed by atoms with Crippen LogP contribution in [-0.2, 0) is 24.5 Å². The van der Waals surface area contributed by atoms with Gasteiger partial charge in [0.25, 0.3) is 0 Å². The Morgan fingerprint density at radius 1 is 0.806 bits per heavy atom. The second kappa shape index (κ2) is 10.3. The third-order valence-corrected chi connectivity index (χ3v) is 4.67. The standard InChI is InChI=1S/C25H24N2O4/c28-25(18-27(16-23-8-4-14-29-23)17-24-9-5-15-30-24)26-21-10-12-22(13-11-21)31-19-20-6-2-1-3-7-20/h1-15H,16-19H2,(H,26,28). The predicted octanol–water partition coefficient (Wildman–Crippen LogP) is 5.09. The number of benzene rings is 2. The largest absolute Gasteiger partial charge is 0.489 e. The summed E-state index contributed by atoms with van der Waals surface area (Å²) in [4.78, 5) is 14.6. The maximum atomic E-state index is 12.6. The van der Waals surface area contributed by atoms with E-state index >= 15 is 0 Å². The van der Waals surface area contributed by atoms with Crippen LogP contribution in [0, 0.1) is 0 Å². The molecule has 4 aromatic rings. The molecule has 4 rings (SSSR count). The van der Waals surface area contributed by atoms with Gasteiger partial charge in [-0.25, -0.2) is 0 Å². The number of hydrogen-bond donors (Lipinski definition) is 1. The van der Waals surface area contributed by atoms with Gasteiger partial charge < -0.3 is 18.9 Å². The zero-order valence-corrected chi connectivity index (χ0v) is 17.1. The van der Waals surface area contributed by atoms with Crippen LogP contribution in [0.15, 0.2) is 100 Å². The van der Waals surface area contributed by atoms with Crippen LogP contribution in [0.1, 0.15) is 17.1 Å². The van der Waals surface area contributed by atoms with Gasteiger partial charge in [-0.15, -0.1) is 0 Å². The molecule has 0 aliphatic carbocycles. The van der Waals surface area contributed by atoms with Crippen molar-refractivity contribution in [2.24, 2.45) is 0 Å². The van der Waals surface area contributed by atoms with Gasteiger partial charge in [0.05, 0.1) is 32.2 Å². The van der Waals surface area contributed by atoms with Crippen LogP contribution in [0.2, 0.25) is 0 Å². The maximum Gasteiger partial charge on any atom is 0.238 e. The summed E-state index contributed by atoms with van der Waals surface area (Å²) < 4.78 is 16.7. The van der Waals surface area contributed by atoms with Gasteiger partial charge in [0, 0.05) is 5.69 Å². The predicted molar refractivity (Wildman–Crippen MR) is 117 cm³/mol. The molecule has 1 amide bonds. The molecule has 1 N–H and O–H groups in total. The van der Waals surface area contributed by atoms with Crippen LogP contribution >= 0.6 is 0 Å². The molecule has 2 aromatic heterocycles. The van der Waals surface area contributed by atoms with E-state index in [0.29, 0.717) is 25.4 Å². The molecule has 6 heteroatoms. The Balaban J connectivity index is 1.31. The number of carbonyl (C=O) groups is 1. The van der Waals surface area contributed by atoms with E-state index in [9.17, 15) is 4.79 Å². The molecule has 0 fully saturated rings. The summed E-state index contributed by atoms with van der Waals surface area (Å²) in [5.41, 5.74) is 1.82. The fraction of sp³-hybridized carbons (Fsp3) is 0.160. The average molecular weight is 416 g/mol. The fourth-order valence-corrected chi connectivity index (χ4v) is 3.19. The van der Waals surface area contributed by atoms with Gasteiger partial charge in [-0.1, -0.05) is 30.3 Å². The Morgan fingerprint density at radius 2 is 1.45 bits per heavy atom. The van der Waals surface area contributed by atoms with Crippen LogP contribution < -0.4 is 10.1 Å². The number of rotatable bonds is 10. The molecule has 31 heavy (non-hydrogen) atoms. The van der Waals surface area contributed by atoms with Crippen LogP contribution in [0.4, 0.5) is 5.69 Å². The van der Waals surface area contributed by atoms with Crippen molar-refractivity contribution in [3.05, 3.63) is 108 Å². The number of carbonyl (C=O) groups excluding carboxylic acids is 1. The second-order valence-corrected chi connectivity index (χ2v) is 7.15. The molecule has 0 bridgehead atoms. The van der Waals surface area contributed by atoms with Gasteiger partial charge in [-0.2, -0.15) is 0 Å². The fourth-order valence-electron chi connectivity index (χ4n) is 3.19. The third-order valence-electron chi connectivity index (χ3n) is 4.67. The van der Waals surface area contributed by atoms with Crippen molar-refractivity contribution in [1.29, 1.82) is 0 Å². The molecule has 6 nitrogen and oxygen atoms in total. The quantitative estimate of drug-likeness (QED) is 0.390. The van der Waals surface area contributed by atoms with Crippen LogP contribution in [0.3, 0.4) is 0 Å². The number of anilines is 1. The summed E-state index contributed by atoms with van der Waals surface area (Å²) in [5.74, 6) is 2.22. The minimum atomic E-state index is -0.115. The molecule has 0 saturated carbocycles. The van der Waals surface area contributed by atoms with Crippen LogP contribution in [-0.4, -0.2) is 17.4 Å². The molecule has 0 unspecified atom stereocenters. The Hall–Kier alpha value is -3.77. The van der Waals surface area contributed by atoms with Crippen LogP contribution in [0.5, 0.6) is 5.75 Å². The Bertz CT molecular complexity index is 1010. The van der Waals surface area contributed by atoms with E-state index in [-0.39, 0.29) is 12.5 Å². The molecule has 0 spiro atoms. The topological polar surface area (TPSA) is 67.9 Å². The van der Waals surface area contributed by atoms with E-state index in [4.69, 9.17) is 13.6 Å². The van der Waals surface area contributed by atoms with E-state index in [2.05, 4.69) is 5.32 Å². The van der Waals surface area contributed by atoms with Crippen molar-refractivity contribution in [1.82, 2.24) is 4.90 Å². The van der Waals surface area contributed by atoms with Crippen molar-refractivity contribution in [2.75, 3.05) is 11.9 Å². The molecule has 2 aromatic carbocycles.